The zero-order valence-corrected chi connectivity index (χ0v) is 19.6. The molecular formula is C27H28FN3O4. The van der Waals surface area contributed by atoms with Crippen LogP contribution in [-0.2, 0) is 11.3 Å². The van der Waals surface area contributed by atoms with Crippen LogP contribution in [-0.4, -0.2) is 39.4 Å². The van der Waals surface area contributed by atoms with Gasteiger partial charge in [-0.25, -0.2) is 14.2 Å². The predicted octanol–water partition coefficient (Wildman–Crippen LogP) is 5.48. The third-order valence-electron chi connectivity index (χ3n) is 7.64. The van der Waals surface area contributed by atoms with Crippen molar-refractivity contribution in [2.24, 2.45) is 0 Å². The first-order valence-corrected chi connectivity index (χ1v) is 12.3. The van der Waals surface area contributed by atoms with E-state index in [0.29, 0.717) is 35.9 Å². The molecule has 35 heavy (non-hydrogen) atoms. The molecule has 182 valence electrons. The summed E-state index contributed by atoms with van der Waals surface area (Å²) in [5, 5.41) is 13.4. The van der Waals surface area contributed by atoms with Gasteiger partial charge in [-0.05, 0) is 69.2 Å². The van der Waals surface area contributed by atoms with Crippen LogP contribution in [0.2, 0.25) is 0 Å². The molecule has 3 fully saturated rings. The molecule has 1 aliphatic carbocycles. The van der Waals surface area contributed by atoms with E-state index in [9.17, 15) is 9.18 Å². The maximum absolute atomic E-state index is 14.8. The summed E-state index contributed by atoms with van der Waals surface area (Å²) in [6.07, 6.45) is 7.51. The van der Waals surface area contributed by atoms with E-state index in [4.69, 9.17) is 14.4 Å². The number of rotatable bonds is 7. The van der Waals surface area contributed by atoms with E-state index in [2.05, 4.69) is 15.0 Å². The van der Waals surface area contributed by atoms with Crippen LogP contribution in [0, 0.1) is 12.7 Å². The highest BCUT2D eigenvalue weighted by Crippen LogP contribution is 2.45. The Morgan fingerprint density at radius 3 is 2.57 bits per heavy atom. The molecule has 4 heterocycles. The van der Waals surface area contributed by atoms with Crippen molar-refractivity contribution in [3.8, 4) is 11.3 Å². The number of ether oxygens (including phenoxy) is 1. The van der Waals surface area contributed by atoms with Crippen molar-refractivity contribution in [1.29, 1.82) is 0 Å². The maximum atomic E-state index is 14.8. The zero-order valence-electron chi connectivity index (χ0n) is 19.6. The van der Waals surface area contributed by atoms with Gasteiger partial charge in [0, 0.05) is 35.3 Å². The summed E-state index contributed by atoms with van der Waals surface area (Å²) in [5.41, 5.74) is 2.95. The molecule has 0 radical (unpaired) electrons. The molecule has 1 N–H and O–H groups in total. The molecule has 2 saturated heterocycles. The van der Waals surface area contributed by atoms with Crippen molar-refractivity contribution in [2.75, 3.05) is 4.90 Å². The molecule has 8 heteroatoms. The lowest BCUT2D eigenvalue weighted by Gasteiger charge is -2.39. The van der Waals surface area contributed by atoms with Crippen LogP contribution >= 0.6 is 0 Å². The van der Waals surface area contributed by atoms with E-state index in [1.165, 1.54) is 12.3 Å². The lowest BCUT2D eigenvalue weighted by atomic mass is 9.98. The highest BCUT2D eigenvalue weighted by molar-refractivity contribution is 5.87. The van der Waals surface area contributed by atoms with Gasteiger partial charge in [0.2, 0.25) is 0 Å². The van der Waals surface area contributed by atoms with Crippen molar-refractivity contribution < 1.29 is 23.6 Å². The Kier molecular flexibility index (Phi) is 5.56. The summed E-state index contributed by atoms with van der Waals surface area (Å²) >= 11 is 0. The molecule has 1 unspecified atom stereocenters. The monoisotopic (exact) mass is 477 g/mol. The van der Waals surface area contributed by atoms with Crippen molar-refractivity contribution in [3.05, 3.63) is 64.8 Å². The molecule has 1 aromatic carbocycles. The van der Waals surface area contributed by atoms with E-state index in [0.717, 1.165) is 61.2 Å². The lowest BCUT2D eigenvalue weighted by molar-refractivity contribution is 0.0146. The molecule has 2 aromatic heterocycles. The van der Waals surface area contributed by atoms with Gasteiger partial charge in [-0.3, -0.25) is 0 Å². The first-order chi connectivity index (χ1) is 17.0. The van der Waals surface area contributed by atoms with Crippen molar-refractivity contribution in [2.45, 2.75) is 76.2 Å². The Bertz CT molecular complexity index is 1220. The number of carbonyl (C=O) groups is 1. The smallest absolute Gasteiger partial charge is 0.337 e. The molecule has 0 spiro atoms. The number of carboxylic acids is 1. The van der Waals surface area contributed by atoms with Crippen molar-refractivity contribution >= 4 is 11.8 Å². The third kappa shape index (κ3) is 4.10. The van der Waals surface area contributed by atoms with Gasteiger partial charge in [0.25, 0.3) is 0 Å². The number of halogens is 1. The van der Waals surface area contributed by atoms with Crippen LogP contribution in [0.1, 0.15) is 71.7 Å². The molecule has 2 aliphatic heterocycles. The molecule has 2 bridgehead atoms. The van der Waals surface area contributed by atoms with E-state index in [1.54, 1.807) is 18.2 Å². The summed E-state index contributed by atoms with van der Waals surface area (Å²) in [6.45, 7) is 2.24. The van der Waals surface area contributed by atoms with Crippen LogP contribution in [0.15, 0.2) is 41.1 Å². The number of aromatic nitrogens is 2. The Morgan fingerprint density at radius 2 is 1.94 bits per heavy atom. The minimum absolute atomic E-state index is 0.0820. The van der Waals surface area contributed by atoms with E-state index in [1.807, 2.05) is 13.0 Å². The number of piperidine rings is 1. The average molecular weight is 478 g/mol. The lowest BCUT2D eigenvalue weighted by Crippen LogP contribution is -2.46. The largest absolute Gasteiger partial charge is 0.478 e. The maximum Gasteiger partial charge on any atom is 0.337 e. The van der Waals surface area contributed by atoms with E-state index < -0.39 is 5.97 Å². The minimum atomic E-state index is -0.969. The van der Waals surface area contributed by atoms with Crippen LogP contribution < -0.4 is 4.90 Å². The number of hydrogen-bond acceptors (Lipinski definition) is 6. The minimum Gasteiger partial charge on any atom is -0.478 e. The summed E-state index contributed by atoms with van der Waals surface area (Å²) < 4.78 is 26.9. The third-order valence-corrected chi connectivity index (χ3v) is 7.64. The number of benzene rings is 1. The fourth-order valence-electron chi connectivity index (χ4n) is 5.76. The number of fused-ring (bicyclic) bond motifs is 2. The van der Waals surface area contributed by atoms with Gasteiger partial charge in [-0.1, -0.05) is 17.3 Å². The normalized spacial score (nSPS) is 23.6. The topological polar surface area (TPSA) is 88.7 Å². The first-order valence-electron chi connectivity index (χ1n) is 12.3. The summed E-state index contributed by atoms with van der Waals surface area (Å²) in [4.78, 5) is 17.9. The second-order valence-electron chi connectivity index (χ2n) is 9.99. The Labute approximate surface area is 202 Å². The molecule has 3 atom stereocenters. The quantitative estimate of drug-likeness (QED) is 0.482. The van der Waals surface area contributed by atoms with Crippen LogP contribution in [0.4, 0.5) is 10.2 Å². The van der Waals surface area contributed by atoms with Gasteiger partial charge >= 0.3 is 5.97 Å². The van der Waals surface area contributed by atoms with Crippen LogP contribution in [0.3, 0.4) is 0 Å². The summed E-state index contributed by atoms with van der Waals surface area (Å²) in [5.74, 6) is 0.747. The van der Waals surface area contributed by atoms with Crippen LogP contribution in [0.5, 0.6) is 0 Å². The standard InChI is InChI=1S/C27H28FN3O4/c1-15-3-2-4-22(28)24(15)25-21(26(35-30-25)16-5-6-16)14-34-20-11-18-8-9-19(12-20)31(18)23-10-7-17(13-29-23)27(32)33/h2-4,7,10,13,16,18-20H,5-6,8-9,11-12,14H2,1H3,(H,32,33)/t18-,19+,20?. The zero-order chi connectivity index (χ0) is 24.1. The summed E-state index contributed by atoms with van der Waals surface area (Å²) in [7, 11) is 0. The summed E-state index contributed by atoms with van der Waals surface area (Å²) in [6, 6.07) is 9.09. The average Bonchev–Trinajstić information content (AvgIpc) is 3.55. The Hall–Kier alpha value is -3.26. The fourth-order valence-corrected chi connectivity index (χ4v) is 5.76. The van der Waals surface area contributed by atoms with E-state index >= 15 is 0 Å². The predicted molar refractivity (Wildman–Crippen MR) is 127 cm³/mol. The molecule has 0 amide bonds. The number of nitrogens with zero attached hydrogens (tertiary/aromatic N) is 3. The van der Waals surface area contributed by atoms with Gasteiger partial charge in [-0.15, -0.1) is 0 Å². The number of pyridine rings is 1. The Morgan fingerprint density at radius 1 is 1.17 bits per heavy atom. The molecule has 3 aliphatic rings. The number of aromatic carboxylic acids is 1. The van der Waals surface area contributed by atoms with E-state index in [-0.39, 0.29) is 17.5 Å². The van der Waals surface area contributed by atoms with Gasteiger partial charge in [0.15, 0.2) is 0 Å². The number of anilines is 1. The molecule has 1 saturated carbocycles. The SMILES string of the molecule is Cc1cccc(F)c1-c1noc(C2CC2)c1COC1C[C@H]2CC[C@@H](C1)N2c1ccc(C(=O)O)cn1. The number of aryl methyl sites for hydroxylation is 1. The molecule has 3 aromatic rings. The van der Waals surface area contributed by atoms with Gasteiger partial charge < -0.3 is 19.3 Å². The van der Waals surface area contributed by atoms with Gasteiger partial charge in [0.1, 0.15) is 23.1 Å². The highest BCUT2D eigenvalue weighted by atomic mass is 19.1. The van der Waals surface area contributed by atoms with Crippen molar-refractivity contribution in [1.82, 2.24) is 10.1 Å². The van der Waals surface area contributed by atoms with Gasteiger partial charge in [-0.2, -0.15) is 0 Å². The molecule has 7 nitrogen and oxygen atoms in total. The van der Waals surface area contributed by atoms with Gasteiger partial charge in [0.05, 0.1) is 18.3 Å². The Balaban J connectivity index is 1.19. The number of carboxylic acid groups (broad SMARTS) is 1. The fraction of sp³-hybridized carbons (Fsp3) is 0.444. The first kappa shape index (κ1) is 22.2. The second kappa shape index (κ2) is 8.75. The molecular weight excluding hydrogens is 449 g/mol. The molecule has 6 rings (SSSR count). The van der Waals surface area contributed by atoms with Crippen LogP contribution in [0.25, 0.3) is 11.3 Å². The number of hydrogen-bond donors (Lipinski definition) is 1. The highest BCUT2D eigenvalue weighted by Gasteiger charge is 2.42. The second-order valence-corrected chi connectivity index (χ2v) is 9.99. The van der Waals surface area contributed by atoms with Crippen molar-refractivity contribution in [3.63, 3.8) is 0 Å².